The van der Waals surface area contributed by atoms with E-state index in [9.17, 15) is 26.3 Å². The quantitative estimate of drug-likeness (QED) is 0.0580. The van der Waals surface area contributed by atoms with Crippen LogP contribution in [-0.4, -0.2) is 35.4 Å². The van der Waals surface area contributed by atoms with E-state index in [4.69, 9.17) is 15.3 Å². The van der Waals surface area contributed by atoms with Crippen LogP contribution in [0, 0.1) is 49.0 Å². The van der Waals surface area contributed by atoms with Gasteiger partial charge in [0.1, 0.15) is 22.3 Å². The zero-order valence-corrected chi connectivity index (χ0v) is 30.5. The summed E-state index contributed by atoms with van der Waals surface area (Å²) in [5.41, 5.74) is 5.01. The summed E-state index contributed by atoms with van der Waals surface area (Å²) >= 11 is 3.87. The van der Waals surface area contributed by atoms with Crippen LogP contribution in [0.3, 0.4) is 0 Å². The number of nitriles is 2. The largest absolute Gasteiger partial charge is 0.457 e. The van der Waals surface area contributed by atoms with Crippen LogP contribution in [0.4, 0.5) is 26.3 Å². The van der Waals surface area contributed by atoms with Gasteiger partial charge in [-0.25, -0.2) is 0 Å². The second-order valence-corrected chi connectivity index (χ2v) is 15.1. The van der Waals surface area contributed by atoms with E-state index < -0.39 is 23.9 Å². The fourth-order valence-electron chi connectivity index (χ4n) is 5.28. The van der Waals surface area contributed by atoms with Crippen LogP contribution >= 0.6 is 47.0 Å². The zero-order chi connectivity index (χ0) is 35.0. The molecule has 13 heteroatoms. The summed E-state index contributed by atoms with van der Waals surface area (Å²) in [7, 11) is 0. The molecule has 0 fully saturated rings. The van der Waals surface area contributed by atoms with Crippen molar-refractivity contribution in [2.24, 2.45) is 0 Å². The van der Waals surface area contributed by atoms with Crippen molar-refractivity contribution >= 4 is 47.0 Å². The minimum absolute atomic E-state index is 0.403. The van der Waals surface area contributed by atoms with Crippen LogP contribution in [0.15, 0.2) is 21.9 Å². The van der Waals surface area contributed by atoms with Gasteiger partial charge in [0.25, 0.3) is 0 Å². The first kappa shape index (κ1) is 41.4. The molecule has 0 spiro atoms. The normalized spacial score (nSPS) is 11.8. The average Bonchev–Trinajstić information content (AvgIpc) is 2.99. The lowest BCUT2D eigenvalue weighted by molar-refractivity contribution is -0.106. The zero-order valence-electron chi connectivity index (χ0n) is 27.3. The lowest BCUT2D eigenvalue weighted by atomic mass is 9.95. The highest BCUT2D eigenvalue weighted by molar-refractivity contribution is 8.03. The van der Waals surface area contributed by atoms with Gasteiger partial charge in [0.2, 0.25) is 0 Å². The number of thiocyanates is 2. The second-order valence-electron chi connectivity index (χ2n) is 11.3. The molecule has 0 amide bonds. The van der Waals surface area contributed by atoms with Crippen molar-refractivity contribution in [1.29, 1.82) is 10.5 Å². The van der Waals surface area contributed by atoms with E-state index in [2.05, 4.69) is 10.8 Å². The lowest BCUT2D eigenvalue weighted by Crippen LogP contribution is -2.11. The first-order valence-electron chi connectivity index (χ1n) is 15.5. The predicted octanol–water partition coefficient (Wildman–Crippen LogP) is 12.7. The minimum Gasteiger partial charge on any atom is -0.457 e. The first-order chi connectivity index (χ1) is 22.2. The molecule has 0 saturated heterocycles. The van der Waals surface area contributed by atoms with Gasteiger partial charge in [-0.15, -0.1) is 23.5 Å². The molecule has 0 aliphatic carbocycles. The molecule has 2 rings (SSSR count). The Hall–Kier alpha value is -1.80. The number of benzene rings is 2. The number of hydrogen-bond acceptors (Lipinski definition) is 7. The summed E-state index contributed by atoms with van der Waals surface area (Å²) in [5.74, 6) is 0.235. The molecule has 0 saturated carbocycles. The van der Waals surface area contributed by atoms with Crippen LogP contribution in [0.25, 0.3) is 0 Å². The van der Waals surface area contributed by atoms with Gasteiger partial charge in [0, 0.05) is 21.3 Å². The predicted molar refractivity (Wildman–Crippen MR) is 186 cm³/mol. The van der Waals surface area contributed by atoms with Gasteiger partial charge in [0.05, 0.1) is 11.5 Å². The maximum atomic E-state index is 13.2. The van der Waals surface area contributed by atoms with Gasteiger partial charge < -0.3 is 4.74 Å². The third-order valence-electron chi connectivity index (χ3n) is 7.79. The Kier molecular flexibility index (Phi) is 18.2. The van der Waals surface area contributed by atoms with Crippen molar-refractivity contribution in [3.05, 3.63) is 45.5 Å². The number of halogens is 6. The van der Waals surface area contributed by atoms with Gasteiger partial charge in [-0.2, -0.15) is 36.9 Å². The van der Waals surface area contributed by atoms with Gasteiger partial charge in [-0.05, 0) is 135 Å². The Morgan fingerprint density at radius 1 is 0.574 bits per heavy atom. The van der Waals surface area contributed by atoms with E-state index >= 15 is 0 Å². The molecule has 0 aromatic heterocycles. The summed E-state index contributed by atoms with van der Waals surface area (Å²) < 4.78 is 85.9. The average molecular weight is 737 g/mol. The Balaban J connectivity index is 2.45. The Morgan fingerprint density at radius 2 is 0.936 bits per heavy atom. The van der Waals surface area contributed by atoms with Crippen molar-refractivity contribution in [3.8, 4) is 22.3 Å². The first-order valence-corrected chi connectivity index (χ1v) is 19.5. The molecule has 0 unspecified atom stereocenters. The number of alkyl halides is 6. The highest BCUT2D eigenvalue weighted by atomic mass is 32.2. The summed E-state index contributed by atoms with van der Waals surface area (Å²) in [6.07, 6.45) is -0.210. The van der Waals surface area contributed by atoms with Crippen molar-refractivity contribution in [3.63, 3.8) is 0 Å². The third-order valence-corrected chi connectivity index (χ3v) is 11.4. The summed E-state index contributed by atoms with van der Waals surface area (Å²) in [5, 5.41) is 21.5. The van der Waals surface area contributed by atoms with Gasteiger partial charge in [0.15, 0.2) is 0 Å². The molecule has 0 radical (unpaired) electrons. The molecule has 3 nitrogen and oxygen atoms in total. The highest BCUT2D eigenvalue weighted by Gasteiger charge is 2.30. The highest BCUT2D eigenvalue weighted by Crippen LogP contribution is 2.42. The summed E-state index contributed by atoms with van der Waals surface area (Å²) in [6, 6.07) is 3.26. The standard InChI is InChI=1S/C34H42F6N2OS4/c1-23-27(13-9-5-7-11-15-44-21-41)25(3)31(46-19-33(35,36)37)17-29(23)43-30-18-32(47-20-34(38,39)40)26(4)28(24(30)2)14-10-6-8-12-16-45-22-42/h17-18H,5-16,19-20H2,1-4H3. The summed E-state index contributed by atoms with van der Waals surface area (Å²) in [4.78, 5) is 0.934. The molecule has 47 heavy (non-hydrogen) atoms. The van der Waals surface area contributed by atoms with E-state index in [1.807, 2.05) is 27.7 Å². The SMILES string of the molecule is Cc1c(Oc2cc(SCC(F)(F)F)c(C)c(CCCCCCSC#N)c2C)cc(SCC(F)(F)F)c(C)c1CCCCCCSC#N. The van der Waals surface area contributed by atoms with Crippen LogP contribution in [0.5, 0.6) is 11.5 Å². The van der Waals surface area contributed by atoms with Gasteiger partial charge >= 0.3 is 12.4 Å². The number of hydrogen-bond donors (Lipinski definition) is 0. The summed E-state index contributed by atoms with van der Waals surface area (Å²) in [6.45, 7) is 7.42. The van der Waals surface area contributed by atoms with Crippen LogP contribution in [0.2, 0.25) is 0 Å². The molecular formula is C34H42F6N2OS4. The maximum absolute atomic E-state index is 13.2. The number of ether oxygens (including phenoxy) is 1. The number of rotatable bonds is 20. The molecule has 0 heterocycles. The molecule has 2 aromatic carbocycles. The van der Waals surface area contributed by atoms with Crippen LogP contribution in [-0.2, 0) is 12.8 Å². The molecule has 0 aliphatic heterocycles. The van der Waals surface area contributed by atoms with Crippen LogP contribution < -0.4 is 4.74 Å². The fraction of sp³-hybridized carbons (Fsp3) is 0.588. The van der Waals surface area contributed by atoms with Crippen molar-refractivity contribution in [2.75, 3.05) is 23.0 Å². The molecule has 0 aliphatic rings. The molecule has 2 aromatic rings. The maximum Gasteiger partial charge on any atom is 0.398 e. The molecular weight excluding hydrogens is 695 g/mol. The minimum atomic E-state index is -4.35. The molecule has 0 bridgehead atoms. The third kappa shape index (κ3) is 15.1. The number of nitrogens with zero attached hydrogens (tertiary/aromatic N) is 2. The number of thioether (sulfide) groups is 4. The molecule has 0 atom stereocenters. The van der Waals surface area contributed by atoms with E-state index in [0.29, 0.717) is 57.7 Å². The lowest BCUT2D eigenvalue weighted by Gasteiger charge is -2.22. The Morgan fingerprint density at radius 3 is 1.28 bits per heavy atom. The van der Waals surface area contributed by atoms with E-state index in [-0.39, 0.29) is 0 Å². The second kappa shape index (κ2) is 20.7. The van der Waals surface area contributed by atoms with E-state index in [1.165, 1.54) is 23.5 Å². The van der Waals surface area contributed by atoms with Crippen LogP contribution in [0.1, 0.15) is 84.7 Å². The Labute approximate surface area is 292 Å². The molecule has 0 N–H and O–H groups in total. The fourth-order valence-corrected chi connectivity index (χ4v) is 7.86. The van der Waals surface area contributed by atoms with E-state index in [1.54, 1.807) is 12.1 Å². The topological polar surface area (TPSA) is 56.8 Å². The smallest absolute Gasteiger partial charge is 0.398 e. The monoisotopic (exact) mass is 736 g/mol. The van der Waals surface area contributed by atoms with Gasteiger partial charge in [-0.3, -0.25) is 0 Å². The van der Waals surface area contributed by atoms with Gasteiger partial charge in [-0.1, -0.05) is 25.7 Å². The van der Waals surface area contributed by atoms with Crippen molar-refractivity contribution in [1.82, 2.24) is 0 Å². The number of unbranched alkanes of at least 4 members (excludes halogenated alkanes) is 6. The van der Waals surface area contributed by atoms with Crippen molar-refractivity contribution < 1.29 is 31.1 Å². The van der Waals surface area contributed by atoms with E-state index in [0.717, 1.165) is 96.3 Å². The molecule has 260 valence electrons. The van der Waals surface area contributed by atoms with Crippen molar-refractivity contribution in [2.45, 2.75) is 114 Å². The Bertz CT molecular complexity index is 1280.